The summed E-state index contributed by atoms with van der Waals surface area (Å²) in [6.07, 6.45) is 3.29. The number of amides is 1. The van der Waals surface area contributed by atoms with Gasteiger partial charge in [-0.3, -0.25) is 4.79 Å². The molecule has 0 bridgehead atoms. The van der Waals surface area contributed by atoms with Crippen molar-refractivity contribution in [2.75, 3.05) is 18.4 Å². The van der Waals surface area contributed by atoms with Gasteiger partial charge in [-0.15, -0.1) is 0 Å². The van der Waals surface area contributed by atoms with Gasteiger partial charge in [0, 0.05) is 18.8 Å². The van der Waals surface area contributed by atoms with E-state index in [9.17, 15) is 17.6 Å². The van der Waals surface area contributed by atoms with E-state index in [2.05, 4.69) is 12.2 Å². The van der Waals surface area contributed by atoms with Crippen LogP contribution in [0.25, 0.3) is 0 Å². The Labute approximate surface area is 165 Å². The lowest BCUT2D eigenvalue weighted by Gasteiger charge is -2.31. The molecular weight excluding hydrogens is 379 g/mol. The summed E-state index contributed by atoms with van der Waals surface area (Å²) >= 11 is 0. The number of nitrogens with one attached hydrogen (secondary N) is 1. The minimum absolute atomic E-state index is 0.0430. The van der Waals surface area contributed by atoms with Crippen LogP contribution in [-0.2, 0) is 21.2 Å². The van der Waals surface area contributed by atoms with E-state index >= 15 is 0 Å². The van der Waals surface area contributed by atoms with Crippen LogP contribution >= 0.6 is 0 Å². The van der Waals surface area contributed by atoms with E-state index in [1.54, 1.807) is 0 Å². The highest BCUT2D eigenvalue weighted by molar-refractivity contribution is 7.89. The van der Waals surface area contributed by atoms with Gasteiger partial charge >= 0.3 is 0 Å². The SMILES string of the molecule is CCCc1ccc(NC(=O)[C@H]2CCCN(S(=O)(=O)c3ccc(F)cc3)C2)cc1. The number of halogens is 1. The number of hydrogen-bond donors (Lipinski definition) is 1. The number of carbonyl (C=O) groups excluding carboxylic acids is 1. The predicted molar refractivity (Wildman–Crippen MR) is 107 cm³/mol. The topological polar surface area (TPSA) is 66.5 Å². The molecular formula is C21H25FN2O3S. The fourth-order valence-electron chi connectivity index (χ4n) is 3.42. The second-order valence-electron chi connectivity index (χ2n) is 7.09. The van der Waals surface area contributed by atoms with E-state index in [0.29, 0.717) is 25.1 Å². The second kappa shape index (κ2) is 8.84. The van der Waals surface area contributed by atoms with Gasteiger partial charge in [-0.05, 0) is 61.2 Å². The monoisotopic (exact) mass is 404 g/mol. The summed E-state index contributed by atoms with van der Waals surface area (Å²) in [5.41, 5.74) is 1.93. The molecule has 1 amide bonds. The molecule has 0 spiro atoms. The molecule has 3 rings (SSSR count). The standard InChI is InChI=1S/C21H25FN2O3S/c1-2-4-16-6-10-19(11-7-16)23-21(25)17-5-3-14-24(15-17)28(26,27)20-12-8-18(22)9-13-20/h6-13,17H,2-5,14-15H2,1H3,(H,23,25)/t17-/m0/s1. The molecule has 7 heteroatoms. The molecule has 0 aliphatic carbocycles. The number of anilines is 1. The van der Waals surface area contributed by atoms with Crippen molar-refractivity contribution in [3.8, 4) is 0 Å². The van der Waals surface area contributed by atoms with Crippen molar-refractivity contribution < 1.29 is 17.6 Å². The molecule has 0 saturated carbocycles. The van der Waals surface area contributed by atoms with Gasteiger partial charge in [0.2, 0.25) is 15.9 Å². The fraction of sp³-hybridized carbons (Fsp3) is 0.381. The van der Waals surface area contributed by atoms with Crippen LogP contribution in [0, 0.1) is 11.7 Å². The average Bonchev–Trinajstić information content (AvgIpc) is 2.70. The van der Waals surface area contributed by atoms with Crippen molar-refractivity contribution in [2.24, 2.45) is 5.92 Å². The zero-order chi connectivity index (χ0) is 20.1. The van der Waals surface area contributed by atoms with Crippen LogP contribution in [0.4, 0.5) is 10.1 Å². The Morgan fingerprint density at radius 3 is 2.46 bits per heavy atom. The van der Waals surface area contributed by atoms with Crippen LogP contribution in [0.2, 0.25) is 0 Å². The number of aryl methyl sites for hydroxylation is 1. The van der Waals surface area contributed by atoms with Gasteiger partial charge < -0.3 is 5.32 Å². The van der Waals surface area contributed by atoms with E-state index in [1.807, 2.05) is 24.3 Å². The largest absolute Gasteiger partial charge is 0.326 e. The number of benzene rings is 2. The molecule has 1 aliphatic rings. The van der Waals surface area contributed by atoms with Crippen molar-refractivity contribution in [3.05, 3.63) is 59.9 Å². The van der Waals surface area contributed by atoms with Gasteiger partial charge in [-0.1, -0.05) is 25.5 Å². The minimum Gasteiger partial charge on any atom is -0.326 e. The van der Waals surface area contributed by atoms with Crippen molar-refractivity contribution >= 4 is 21.6 Å². The Morgan fingerprint density at radius 1 is 1.14 bits per heavy atom. The van der Waals surface area contributed by atoms with E-state index in [0.717, 1.165) is 25.0 Å². The number of piperidine rings is 1. The first-order valence-electron chi connectivity index (χ1n) is 9.55. The molecule has 2 aromatic carbocycles. The third kappa shape index (κ3) is 4.77. The first-order chi connectivity index (χ1) is 13.4. The fourth-order valence-corrected chi connectivity index (χ4v) is 4.94. The van der Waals surface area contributed by atoms with Crippen molar-refractivity contribution in [1.82, 2.24) is 4.31 Å². The Balaban J connectivity index is 1.66. The van der Waals surface area contributed by atoms with Gasteiger partial charge in [-0.2, -0.15) is 4.31 Å². The van der Waals surface area contributed by atoms with Crippen molar-refractivity contribution in [3.63, 3.8) is 0 Å². The van der Waals surface area contributed by atoms with Crippen molar-refractivity contribution in [1.29, 1.82) is 0 Å². The highest BCUT2D eigenvalue weighted by Gasteiger charge is 2.33. The first-order valence-corrected chi connectivity index (χ1v) is 11.0. The summed E-state index contributed by atoms with van der Waals surface area (Å²) in [6.45, 7) is 2.60. The molecule has 150 valence electrons. The predicted octanol–water partition coefficient (Wildman–Crippen LogP) is 3.82. The lowest BCUT2D eigenvalue weighted by atomic mass is 9.98. The summed E-state index contributed by atoms with van der Waals surface area (Å²) in [5, 5.41) is 2.89. The molecule has 1 atom stereocenters. The summed E-state index contributed by atoms with van der Waals surface area (Å²) in [6, 6.07) is 12.5. The lowest BCUT2D eigenvalue weighted by molar-refractivity contribution is -0.120. The van der Waals surface area contributed by atoms with E-state index in [4.69, 9.17) is 0 Å². The quantitative estimate of drug-likeness (QED) is 0.796. The third-order valence-electron chi connectivity index (χ3n) is 4.97. The molecule has 0 unspecified atom stereocenters. The average molecular weight is 405 g/mol. The molecule has 1 N–H and O–H groups in total. The lowest BCUT2D eigenvalue weighted by Crippen LogP contribution is -2.43. The van der Waals surface area contributed by atoms with E-state index in [-0.39, 0.29) is 17.3 Å². The maximum Gasteiger partial charge on any atom is 0.243 e. The van der Waals surface area contributed by atoms with Gasteiger partial charge in [0.25, 0.3) is 0 Å². The van der Waals surface area contributed by atoms with E-state index < -0.39 is 21.8 Å². The van der Waals surface area contributed by atoms with Crippen LogP contribution in [-0.4, -0.2) is 31.7 Å². The summed E-state index contributed by atoms with van der Waals surface area (Å²) in [7, 11) is -3.74. The maximum atomic E-state index is 13.1. The van der Waals surface area contributed by atoms with Crippen LogP contribution in [0.15, 0.2) is 53.4 Å². The highest BCUT2D eigenvalue weighted by atomic mass is 32.2. The Morgan fingerprint density at radius 2 is 1.82 bits per heavy atom. The molecule has 1 aliphatic heterocycles. The van der Waals surface area contributed by atoms with Gasteiger partial charge in [0.15, 0.2) is 0 Å². The Bertz CT molecular complexity index is 912. The smallest absolute Gasteiger partial charge is 0.243 e. The molecule has 5 nitrogen and oxygen atoms in total. The Kier molecular flexibility index (Phi) is 6.46. The Hall–Kier alpha value is -2.25. The minimum atomic E-state index is -3.74. The summed E-state index contributed by atoms with van der Waals surface area (Å²) in [5.74, 6) is -1.08. The molecule has 0 radical (unpaired) electrons. The number of sulfonamides is 1. The van der Waals surface area contributed by atoms with Crippen LogP contribution in [0.5, 0.6) is 0 Å². The van der Waals surface area contributed by atoms with Gasteiger partial charge in [0.1, 0.15) is 5.82 Å². The number of hydrogen-bond acceptors (Lipinski definition) is 3. The number of nitrogens with zero attached hydrogens (tertiary/aromatic N) is 1. The number of rotatable bonds is 6. The molecule has 2 aromatic rings. The normalized spacial score (nSPS) is 18.0. The van der Waals surface area contributed by atoms with Gasteiger partial charge in [0.05, 0.1) is 10.8 Å². The second-order valence-corrected chi connectivity index (χ2v) is 9.03. The summed E-state index contributed by atoms with van der Waals surface area (Å²) < 4.78 is 40.0. The molecule has 1 fully saturated rings. The first kappa shape index (κ1) is 20.5. The maximum absolute atomic E-state index is 13.1. The van der Waals surface area contributed by atoms with Crippen LogP contribution < -0.4 is 5.32 Å². The van der Waals surface area contributed by atoms with Crippen LogP contribution in [0.1, 0.15) is 31.7 Å². The summed E-state index contributed by atoms with van der Waals surface area (Å²) in [4.78, 5) is 12.7. The molecule has 1 heterocycles. The number of carbonyl (C=O) groups is 1. The third-order valence-corrected chi connectivity index (χ3v) is 6.85. The highest BCUT2D eigenvalue weighted by Crippen LogP contribution is 2.25. The van der Waals surface area contributed by atoms with E-state index in [1.165, 1.54) is 22.0 Å². The van der Waals surface area contributed by atoms with Crippen LogP contribution in [0.3, 0.4) is 0 Å². The van der Waals surface area contributed by atoms with Crippen molar-refractivity contribution in [2.45, 2.75) is 37.5 Å². The zero-order valence-corrected chi connectivity index (χ0v) is 16.7. The zero-order valence-electron chi connectivity index (χ0n) is 15.9. The molecule has 1 saturated heterocycles. The molecule has 28 heavy (non-hydrogen) atoms. The molecule has 0 aromatic heterocycles. The van der Waals surface area contributed by atoms with Gasteiger partial charge in [-0.25, -0.2) is 12.8 Å².